The van der Waals surface area contributed by atoms with Gasteiger partial charge in [0, 0.05) is 12.6 Å². The number of aromatic nitrogens is 4. The van der Waals surface area contributed by atoms with Gasteiger partial charge in [-0.2, -0.15) is 0 Å². The van der Waals surface area contributed by atoms with E-state index in [-0.39, 0.29) is 0 Å². The molecule has 0 fully saturated rings. The first-order valence-electron chi connectivity index (χ1n) is 6.15. The summed E-state index contributed by atoms with van der Waals surface area (Å²) in [7, 11) is 0. The van der Waals surface area contributed by atoms with Gasteiger partial charge in [-0.05, 0) is 16.3 Å². The molecule has 0 aliphatic rings. The van der Waals surface area contributed by atoms with Crippen LogP contribution < -0.4 is 5.32 Å². The molecule has 98 valence electrons. The quantitative estimate of drug-likeness (QED) is 0.683. The summed E-state index contributed by atoms with van der Waals surface area (Å²) >= 11 is 0. The van der Waals surface area contributed by atoms with Gasteiger partial charge in [0.1, 0.15) is 0 Å². The van der Waals surface area contributed by atoms with E-state index in [9.17, 15) is 0 Å². The molecule has 0 spiro atoms. The zero-order valence-corrected chi connectivity index (χ0v) is 11.2. The predicted octanol–water partition coefficient (Wildman–Crippen LogP) is 0.844. The van der Waals surface area contributed by atoms with Crippen LogP contribution in [0.3, 0.4) is 0 Å². The molecule has 1 aromatic rings. The molecule has 0 unspecified atom stereocenters. The first-order chi connectivity index (χ1) is 8.09. The summed E-state index contributed by atoms with van der Waals surface area (Å²) in [6, 6.07) is 0.428. The third kappa shape index (κ3) is 5.74. The van der Waals surface area contributed by atoms with Gasteiger partial charge < -0.3 is 10.1 Å². The average Bonchev–Trinajstić information content (AvgIpc) is 2.68. The molecular weight excluding hydrogens is 218 g/mol. The molecule has 0 saturated carbocycles. The van der Waals surface area contributed by atoms with Crippen molar-refractivity contribution in [2.75, 3.05) is 13.2 Å². The minimum absolute atomic E-state index is 0.428. The van der Waals surface area contributed by atoms with Gasteiger partial charge in [-0.1, -0.05) is 27.7 Å². The van der Waals surface area contributed by atoms with Gasteiger partial charge in [-0.3, -0.25) is 0 Å². The fourth-order valence-electron chi connectivity index (χ4n) is 1.29. The van der Waals surface area contributed by atoms with E-state index in [1.807, 2.05) is 0 Å². The lowest BCUT2D eigenvalue weighted by atomic mass is 10.2. The molecule has 0 aliphatic heterocycles. The van der Waals surface area contributed by atoms with E-state index in [4.69, 9.17) is 4.74 Å². The number of rotatable bonds is 8. The predicted molar refractivity (Wildman–Crippen MR) is 65.4 cm³/mol. The maximum atomic E-state index is 5.51. The van der Waals surface area contributed by atoms with Crippen molar-refractivity contribution in [3.05, 3.63) is 5.82 Å². The third-order valence-corrected chi connectivity index (χ3v) is 2.17. The zero-order chi connectivity index (χ0) is 12.7. The molecule has 1 rings (SSSR count). The van der Waals surface area contributed by atoms with E-state index in [0.29, 0.717) is 31.7 Å². The standard InChI is InChI=1S/C11H23N5O/c1-9(2)8-17-6-5-16-11(13-14-15-16)7-12-10(3)4/h9-10,12H,5-8H2,1-4H3. The maximum Gasteiger partial charge on any atom is 0.165 e. The summed E-state index contributed by atoms with van der Waals surface area (Å²) in [6.07, 6.45) is 0. The second kappa shape index (κ2) is 7.34. The van der Waals surface area contributed by atoms with Crippen LogP contribution in [0.15, 0.2) is 0 Å². The van der Waals surface area contributed by atoms with E-state index < -0.39 is 0 Å². The normalized spacial score (nSPS) is 11.6. The Bertz CT molecular complexity index is 311. The van der Waals surface area contributed by atoms with Crippen molar-refractivity contribution in [3.8, 4) is 0 Å². The summed E-state index contributed by atoms with van der Waals surface area (Å²) in [5, 5.41) is 14.9. The summed E-state index contributed by atoms with van der Waals surface area (Å²) in [5.74, 6) is 1.41. The highest BCUT2D eigenvalue weighted by atomic mass is 16.5. The number of hydrogen-bond donors (Lipinski definition) is 1. The van der Waals surface area contributed by atoms with Crippen LogP contribution in [-0.4, -0.2) is 39.5 Å². The minimum atomic E-state index is 0.428. The first kappa shape index (κ1) is 14.1. The second-order valence-corrected chi connectivity index (χ2v) is 4.82. The highest BCUT2D eigenvalue weighted by molar-refractivity contribution is 4.80. The summed E-state index contributed by atoms with van der Waals surface area (Å²) in [5.41, 5.74) is 0. The largest absolute Gasteiger partial charge is 0.379 e. The van der Waals surface area contributed by atoms with Crippen LogP contribution in [0.4, 0.5) is 0 Å². The maximum absolute atomic E-state index is 5.51. The lowest BCUT2D eigenvalue weighted by Gasteiger charge is -2.09. The molecule has 6 nitrogen and oxygen atoms in total. The van der Waals surface area contributed by atoms with Crippen molar-refractivity contribution in [1.82, 2.24) is 25.5 Å². The van der Waals surface area contributed by atoms with Gasteiger partial charge in [-0.25, -0.2) is 4.68 Å². The smallest absolute Gasteiger partial charge is 0.165 e. The first-order valence-corrected chi connectivity index (χ1v) is 6.15. The molecule has 0 atom stereocenters. The Labute approximate surface area is 103 Å². The molecule has 0 aliphatic carbocycles. The Kier molecular flexibility index (Phi) is 6.07. The Morgan fingerprint density at radius 3 is 2.71 bits per heavy atom. The van der Waals surface area contributed by atoms with E-state index in [0.717, 1.165) is 12.4 Å². The highest BCUT2D eigenvalue weighted by Gasteiger charge is 2.06. The van der Waals surface area contributed by atoms with Gasteiger partial charge in [0.15, 0.2) is 5.82 Å². The lowest BCUT2D eigenvalue weighted by molar-refractivity contribution is 0.0999. The molecule has 0 amide bonds. The van der Waals surface area contributed by atoms with Crippen molar-refractivity contribution in [2.45, 2.75) is 46.8 Å². The van der Waals surface area contributed by atoms with Crippen molar-refractivity contribution in [3.63, 3.8) is 0 Å². The molecule has 1 N–H and O–H groups in total. The van der Waals surface area contributed by atoms with Gasteiger partial charge >= 0.3 is 0 Å². The summed E-state index contributed by atoms with van der Waals surface area (Å²) in [4.78, 5) is 0. The minimum Gasteiger partial charge on any atom is -0.379 e. The molecule has 1 aromatic heterocycles. The Balaban J connectivity index is 2.30. The summed E-state index contributed by atoms with van der Waals surface area (Å²) in [6.45, 7) is 11.3. The van der Waals surface area contributed by atoms with Gasteiger partial charge in [0.05, 0.1) is 19.7 Å². The zero-order valence-electron chi connectivity index (χ0n) is 11.2. The van der Waals surface area contributed by atoms with Crippen LogP contribution in [0.2, 0.25) is 0 Å². The molecule has 17 heavy (non-hydrogen) atoms. The molecule has 1 heterocycles. The van der Waals surface area contributed by atoms with Gasteiger partial charge in [0.25, 0.3) is 0 Å². The van der Waals surface area contributed by atoms with Crippen LogP contribution >= 0.6 is 0 Å². The number of nitrogens with zero attached hydrogens (tertiary/aromatic N) is 4. The molecule has 0 aromatic carbocycles. The second-order valence-electron chi connectivity index (χ2n) is 4.82. The molecule has 0 bridgehead atoms. The molecular formula is C11H23N5O. The van der Waals surface area contributed by atoms with Crippen LogP contribution in [0.1, 0.15) is 33.5 Å². The Hall–Kier alpha value is -1.01. The fraction of sp³-hybridized carbons (Fsp3) is 0.909. The van der Waals surface area contributed by atoms with Crippen molar-refractivity contribution >= 4 is 0 Å². The Morgan fingerprint density at radius 2 is 2.06 bits per heavy atom. The van der Waals surface area contributed by atoms with Crippen molar-refractivity contribution < 1.29 is 4.74 Å². The monoisotopic (exact) mass is 241 g/mol. The summed E-state index contributed by atoms with van der Waals surface area (Å²) < 4.78 is 7.30. The van der Waals surface area contributed by atoms with E-state index in [1.165, 1.54) is 0 Å². The number of tetrazole rings is 1. The van der Waals surface area contributed by atoms with Crippen molar-refractivity contribution in [1.29, 1.82) is 0 Å². The van der Waals surface area contributed by atoms with E-state index in [2.05, 4.69) is 48.5 Å². The molecule has 0 saturated heterocycles. The SMILES string of the molecule is CC(C)COCCn1nnnc1CNC(C)C. The van der Waals surface area contributed by atoms with Crippen LogP contribution in [0.5, 0.6) is 0 Å². The Morgan fingerprint density at radius 1 is 1.29 bits per heavy atom. The average molecular weight is 241 g/mol. The molecule has 6 heteroatoms. The van der Waals surface area contributed by atoms with E-state index in [1.54, 1.807) is 4.68 Å². The topological polar surface area (TPSA) is 64.9 Å². The lowest BCUT2D eigenvalue weighted by Crippen LogP contribution is -2.25. The van der Waals surface area contributed by atoms with E-state index >= 15 is 0 Å². The van der Waals surface area contributed by atoms with Gasteiger partial charge in [-0.15, -0.1) is 5.10 Å². The van der Waals surface area contributed by atoms with Crippen molar-refractivity contribution in [2.24, 2.45) is 5.92 Å². The third-order valence-electron chi connectivity index (χ3n) is 2.17. The van der Waals surface area contributed by atoms with Crippen LogP contribution in [0, 0.1) is 5.92 Å². The van der Waals surface area contributed by atoms with Gasteiger partial charge in [0.2, 0.25) is 0 Å². The molecule has 0 radical (unpaired) electrons. The number of hydrogen-bond acceptors (Lipinski definition) is 5. The fourth-order valence-corrected chi connectivity index (χ4v) is 1.29. The number of nitrogens with one attached hydrogen (secondary N) is 1. The van der Waals surface area contributed by atoms with Crippen LogP contribution in [-0.2, 0) is 17.8 Å². The highest BCUT2D eigenvalue weighted by Crippen LogP contribution is 1.96. The van der Waals surface area contributed by atoms with Crippen LogP contribution in [0.25, 0.3) is 0 Å². The number of ether oxygens (including phenoxy) is 1.